The lowest BCUT2D eigenvalue weighted by Gasteiger charge is -2.31. The summed E-state index contributed by atoms with van der Waals surface area (Å²) < 4.78 is 28.3. The lowest BCUT2D eigenvalue weighted by atomic mass is 10.1. The van der Waals surface area contributed by atoms with E-state index in [9.17, 15) is 18.0 Å². The Bertz CT molecular complexity index is 1330. The summed E-state index contributed by atoms with van der Waals surface area (Å²) in [7, 11) is -2.73. The highest BCUT2D eigenvalue weighted by Gasteiger charge is 2.32. The molecule has 0 spiro atoms. The lowest BCUT2D eigenvalue weighted by Crippen LogP contribution is -2.50. The first-order chi connectivity index (χ1) is 17.0. The van der Waals surface area contributed by atoms with Gasteiger partial charge in [0.25, 0.3) is 10.0 Å². The van der Waals surface area contributed by atoms with Crippen molar-refractivity contribution in [3.63, 3.8) is 0 Å². The lowest BCUT2D eigenvalue weighted by molar-refractivity contribution is -0.139. The van der Waals surface area contributed by atoms with Gasteiger partial charge < -0.3 is 10.2 Å². The molecule has 0 fully saturated rings. The maximum absolute atomic E-state index is 13.6. The number of carbonyl (C=O) groups is 2. The molecule has 0 aromatic heterocycles. The summed E-state index contributed by atoms with van der Waals surface area (Å²) in [6, 6.07) is 17.7. The van der Waals surface area contributed by atoms with Crippen LogP contribution in [-0.4, -0.2) is 44.8 Å². The Hall–Kier alpha value is -2.78. The number of sulfonamides is 1. The minimum absolute atomic E-state index is 0.0525. The summed E-state index contributed by atoms with van der Waals surface area (Å²) >= 11 is 18.1. The van der Waals surface area contributed by atoms with Gasteiger partial charge >= 0.3 is 0 Å². The van der Waals surface area contributed by atoms with Gasteiger partial charge in [0.1, 0.15) is 12.6 Å². The Morgan fingerprint density at radius 1 is 0.889 bits per heavy atom. The first-order valence-corrected chi connectivity index (χ1v) is 13.4. The fourth-order valence-electron chi connectivity index (χ4n) is 3.47. The molecule has 11 heteroatoms. The van der Waals surface area contributed by atoms with E-state index in [1.54, 1.807) is 49.4 Å². The summed E-state index contributed by atoms with van der Waals surface area (Å²) in [5.41, 5.74) is 0.920. The molecule has 0 aliphatic rings. The van der Waals surface area contributed by atoms with Crippen molar-refractivity contribution in [3.05, 3.63) is 93.4 Å². The highest BCUT2D eigenvalue weighted by molar-refractivity contribution is 7.92. The highest BCUT2D eigenvalue weighted by atomic mass is 35.5. The molecule has 0 saturated carbocycles. The van der Waals surface area contributed by atoms with Gasteiger partial charge in [0, 0.05) is 28.7 Å². The molecule has 2 amide bonds. The third kappa shape index (κ3) is 6.70. The van der Waals surface area contributed by atoms with Crippen molar-refractivity contribution < 1.29 is 18.0 Å². The van der Waals surface area contributed by atoms with Gasteiger partial charge in [-0.25, -0.2) is 8.42 Å². The Balaban J connectivity index is 2.02. The van der Waals surface area contributed by atoms with Gasteiger partial charge in [-0.15, -0.1) is 0 Å². The summed E-state index contributed by atoms with van der Waals surface area (Å²) in [5, 5.41) is 3.73. The van der Waals surface area contributed by atoms with Crippen molar-refractivity contribution in [1.82, 2.24) is 10.2 Å². The van der Waals surface area contributed by atoms with E-state index in [1.165, 1.54) is 42.3 Å². The van der Waals surface area contributed by atoms with Crippen LogP contribution in [0, 0.1) is 0 Å². The van der Waals surface area contributed by atoms with E-state index in [2.05, 4.69) is 5.32 Å². The van der Waals surface area contributed by atoms with E-state index < -0.39 is 34.4 Å². The Morgan fingerprint density at radius 3 is 2.03 bits per heavy atom. The average Bonchev–Trinajstić information content (AvgIpc) is 2.86. The van der Waals surface area contributed by atoms with E-state index in [-0.39, 0.29) is 17.1 Å². The molecule has 0 saturated heterocycles. The molecular formula is C25H24Cl3N3O4S. The second-order valence-corrected chi connectivity index (χ2v) is 11.1. The average molecular weight is 569 g/mol. The highest BCUT2D eigenvalue weighted by Crippen LogP contribution is 2.27. The largest absolute Gasteiger partial charge is 0.357 e. The molecule has 1 unspecified atom stereocenters. The smallest absolute Gasteiger partial charge is 0.264 e. The minimum Gasteiger partial charge on any atom is -0.357 e. The number of hydrogen-bond donors (Lipinski definition) is 1. The number of benzene rings is 3. The Morgan fingerprint density at radius 2 is 1.47 bits per heavy atom. The first-order valence-electron chi connectivity index (χ1n) is 10.8. The standard InChI is InChI=1S/C25H24Cl3N3O4S/c1-17(25(33)29-2)30(15-18-6-8-19(26)9-7-18)24(32)16-31(22-5-3-4-21(28)14-22)36(34,35)23-12-10-20(27)11-13-23/h3-14,17H,15-16H2,1-2H3,(H,29,33). The van der Waals surface area contributed by atoms with Gasteiger partial charge in [-0.2, -0.15) is 0 Å². The third-order valence-electron chi connectivity index (χ3n) is 5.46. The van der Waals surface area contributed by atoms with Crippen molar-refractivity contribution in [2.24, 2.45) is 0 Å². The van der Waals surface area contributed by atoms with Gasteiger partial charge in [-0.3, -0.25) is 13.9 Å². The molecule has 3 aromatic carbocycles. The van der Waals surface area contributed by atoms with E-state index in [4.69, 9.17) is 34.8 Å². The number of amides is 2. The molecule has 7 nitrogen and oxygen atoms in total. The van der Waals surface area contributed by atoms with Crippen LogP contribution >= 0.6 is 34.8 Å². The van der Waals surface area contributed by atoms with Gasteiger partial charge in [-0.1, -0.05) is 53.0 Å². The Kier molecular flexibility index (Phi) is 9.24. The number of halogens is 3. The summed E-state index contributed by atoms with van der Waals surface area (Å²) in [4.78, 5) is 27.4. The van der Waals surface area contributed by atoms with Gasteiger partial charge in [-0.05, 0) is 67.1 Å². The van der Waals surface area contributed by atoms with Crippen molar-refractivity contribution in [2.75, 3.05) is 17.9 Å². The molecule has 190 valence electrons. The van der Waals surface area contributed by atoms with Crippen LogP contribution in [0.2, 0.25) is 15.1 Å². The van der Waals surface area contributed by atoms with Gasteiger partial charge in [0.2, 0.25) is 11.8 Å². The molecular weight excluding hydrogens is 545 g/mol. The zero-order valence-corrected chi connectivity index (χ0v) is 22.6. The molecule has 36 heavy (non-hydrogen) atoms. The van der Waals surface area contributed by atoms with Gasteiger partial charge in [0.05, 0.1) is 10.6 Å². The van der Waals surface area contributed by atoms with E-state index in [1.807, 2.05) is 0 Å². The monoisotopic (exact) mass is 567 g/mol. The van der Waals surface area contributed by atoms with Crippen LogP contribution in [0.4, 0.5) is 5.69 Å². The normalized spacial score (nSPS) is 12.0. The number of nitrogens with zero attached hydrogens (tertiary/aromatic N) is 2. The van der Waals surface area contributed by atoms with Crippen LogP contribution in [-0.2, 0) is 26.2 Å². The molecule has 0 heterocycles. The van der Waals surface area contributed by atoms with Crippen LogP contribution in [0.15, 0.2) is 77.7 Å². The predicted molar refractivity (Wildman–Crippen MR) is 143 cm³/mol. The Labute approximate surface area is 225 Å². The number of anilines is 1. The topological polar surface area (TPSA) is 86.8 Å². The van der Waals surface area contributed by atoms with E-state index >= 15 is 0 Å². The zero-order valence-electron chi connectivity index (χ0n) is 19.5. The molecule has 1 atom stereocenters. The van der Waals surface area contributed by atoms with Crippen molar-refractivity contribution in [1.29, 1.82) is 0 Å². The number of nitrogens with one attached hydrogen (secondary N) is 1. The maximum Gasteiger partial charge on any atom is 0.264 e. The van der Waals surface area contributed by atoms with Crippen LogP contribution in [0.5, 0.6) is 0 Å². The quantitative estimate of drug-likeness (QED) is 0.393. The zero-order chi connectivity index (χ0) is 26.5. The second-order valence-electron chi connectivity index (χ2n) is 7.88. The molecule has 0 aliphatic heterocycles. The fourth-order valence-corrected chi connectivity index (χ4v) is 5.31. The molecule has 0 aliphatic carbocycles. The van der Waals surface area contributed by atoms with Crippen LogP contribution in [0.1, 0.15) is 12.5 Å². The summed E-state index contributed by atoms with van der Waals surface area (Å²) in [5.74, 6) is -0.981. The maximum atomic E-state index is 13.6. The number of likely N-dealkylation sites (N-methyl/N-ethyl adjacent to an activating group) is 1. The molecule has 3 rings (SSSR count). The first kappa shape index (κ1) is 27.8. The fraction of sp³-hybridized carbons (Fsp3) is 0.200. The SMILES string of the molecule is CNC(=O)C(C)N(Cc1ccc(Cl)cc1)C(=O)CN(c1cccc(Cl)c1)S(=O)(=O)c1ccc(Cl)cc1. The number of hydrogen-bond acceptors (Lipinski definition) is 4. The number of carbonyl (C=O) groups excluding carboxylic acids is 2. The van der Waals surface area contributed by atoms with Crippen molar-refractivity contribution >= 4 is 62.3 Å². The molecule has 0 radical (unpaired) electrons. The van der Waals surface area contributed by atoms with E-state index in [0.29, 0.717) is 15.1 Å². The molecule has 3 aromatic rings. The molecule has 0 bridgehead atoms. The van der Waals surface area contributed by atoms with Crippen molar-refractivity contribution in [3.8, 4) is 0 Å². The minimum atomic E-state index is -4.20. The van der Waals surface area contributed by atoms with Crippen LogP contribution in [0.3, 0.4) is 0 Å². The summed E-state index contributed by atoms with van der Waals surface area (Å²) in [6.45, 7) is 1.07. The number of rotatable bonds is 9. The van der Waals surface area contributed by atoms with Crippen molar-refractivity contribution in [2.45, 2.75) is 24.4 Å². The predicted octanol–water partition coefficient (Wildman–Crippen LogP) is 5.01. The molecule has 1 N–H and O–H groups in total. The van der Waals surface area contributed by atoms with Gasteiger partial charge in [0.15, 0.2) is 0 Å². The van der Waals surface area contributed by atoms with E-state index in [0.717, 1.165) is 9.87 Å². The second kappa shape index (κ2) is 12.0. The van der Waals surface area contributed by atoms with Crippen LogP contribution in [0.25, 0.3) is 0 Å². The third-order valence-corrected chi connectivity index (χ3v) is 7.98. The van der Waals surface area contributed by atoms with Crippen LogP contribution < -0.4 is 9.62 Å². The summed E-state index contributed by atoms with van der Waals surface area (Å²) in [6.07, 6.45) is 0.